The van der Waals surface area contributed by atoms with E-state index in [4.69, 9.17) is 0 Å². The number of aliphatic hydroxyl groups excluding tert-OH is 1. The van der Waals surface area contributed by atoms with Gasteiger partial charge in [-0.15, -0.1) is 0 Å². The Morgan fingerprint density at radius 3 is 2.33 bits per heavy atom. The quantitative estimate of drug-likeness (QED) is 0.788. The zero-order valence-corrected chi connectivity index (χ0v) is 12.8. The highest BCUT2D eigenvalue weighted by Crippen LogP contribution is 2.65. The molecular formula is C16H31NO. The van der Waals surface area contributed by atoms with Crippen molar-refractivity contribution < 1.29 is 5.11 Å². The lowest BCUT2D eigenvalue weighted by molar-refractivity contribution is 0.106. The standard InChI is InChI=1S/C16H31NO/c1-11(2)13(7-9-18)17-14-10-12-6-8-16(14,5)15(12,3)4/h11-14,17-18H,6-10H2,1-5H3. The van der Waals surface area contributed by atoms with E-state index in [0.717, 1.165) is 12.3 Å². The van der Waals surface area contributed by atoms with Gasteiger partial charge < -0.3 is 10.4 Å². The van der Waals surface area contributed by atoms with Crippen LogP contribution >= 0.6 is 0 Å². The summed E-state index contributed by atoms with van der Waals surface area (Å²) >= 11 is 0. The minimum atomic E-state index is 0.298. The lowest BCUT2D eigenvalue weighted by atomic mass is 9.69. The maximum absolute atomic E-state index is 9.22. The third-order valence-electron chi connectivity index (χ3n) is 6.45. The lowest BCUT2D eigenvalue weighted by Gasteiger charge is -2.41. The van der Waals surface area contributed by atoms with E-state index < -0.39 is 0 Å². The van der Waals surface area contributed by atoms with Crippen LogP contribution in [0.15, 0.2) is 0 Å². The molecule has 2 fully saturated rings. The Labute approximate surface area is 113 Å². The van der Waals surface area contributed by atoms with Crippen LogP contribution in [0.1, 0.15) is 60.3 Å². The fraction of sp³-hybridized carbons (Fsp3) is 1.00. The van der Waals surface area contributed by atoms with E-state index in [9.17, 15) is 5.11 Å². The first kappa shape index (κ1) is 14.3. The van der Waals surface area contributed by atoms with Gasteiger partial charge in [-0.1, -0.05) is 34.6 Å². The van der Waals surface area contributed by atoms with Crippen molar-refractivity contribution in [1.29, 1.82) is 0 Å². The summed E-state index contributed by atoms with van der Waals surface area (Å²) in [4.78, 5) is 0. The molecule has 2 rings (SSSR count). The number of aliphatic hydroxyl groups is 1. The monoisotopic (exact) mass is 253 g/mol. The van der Waals surface area contributed by atoms with Gasteiger partial charge in [-0.05, 0) is 48.3 Å². The molecule has 4 atom stereocenters. The van der Waals surface area contributed by atoms with Crippen LogP contribution < -0.4 is 5.32 Å². The molecular weight excluding hydrogens is 222 g/mol. The van der Waals surface area contributed by atoms with Gasteiger partial charge in [0.15, 0.2) is 0 Å². The van der Waals surface area contributed by atoms with E-state index in [1.807, 2.05) is 0 Å². The zero-order chi connectivity index (χ0) is 13.6. The molecule has 0 spiro atoms. The molecule has 0 amide bonds. The molecule has 18 heavy (non-hydrogen) atoms. The maximum atomic E-state index is 9.22. The molecule has 0 aromatic carbocycles. The molecule has 0 saturated heterocycles. The Hall–Kier alpha value is -0.0800. The average molecular weight is 253 g/mol. The Balaban J connectivity index is 2.07. The summed E-state index contributed by atoms with van der Waals surface area (Å²) in [6.45, 7) is 12.2. The minimum Gasteiger partial charge on any atom is -0.396 e. The van der Waals surface area contributed by atoms with E-state index in [1.54, 1.807) is 0 Å². The second-order valence-electron chi connectivity index (χ2n) is 7.69. The van der Waals surface area contributed by atoms with Crippen molar-refractivity contribution in [3.05, 3.63) is 0 Å². The first-order valence-corrected chi connectivity index (χ1v) is 7.70. The maximum Gasteiger partial charge on any atom is 0.0445 e. The van der Waals surface area contributed by atoms with Crippen LogP contribution in [0.2, 0.25) is 0 Å². The largest absolute Gasteiger partial charge is 0.396 e. The summed E-state index contributed by atoms with van der Waals surface area (Å²) < 4.78 is 0. The summed E-state index contributed by atoms with van der Waals surface area (Å²) in [5, 5.41) is 13.1. The minimum absolute atomic E-state index is 0.298. The Morgan fingerprint density at radius 2 is 1.94 bits per heavy atom. The van der Waals surface area contributed by atoms with Crippen LogP contribution in [0, 0.1) is 22.7 Å². The van der Waals surface area contributed by atoms with Crippen molar-refractivity contribution in [2.75, 3.05) is 6.61 Å². The summed E-state index contributed by atoms with van der Waals surface area (Å²) in [5.41, 5.74) is 0.922. The number of nitrogens with one attached hydrogen (secondary N) is 1. The van der Waals surface area contributed by atoms with E-state index >= 15 is 0 Å². The van der Waals surface area contributed by atoms with Crippen LogP contribution in [0.3, 0.4) is 0 Å². The summed E-state index contributed by atoms with van der Waals surface area (Å²) in [6, 6.07) is 1.11. The van der Waals surface area contributed by atoms with Crippen LogP contribution in [-0.4, -0.2) is 23.8 Å². The molecule has 0 aromatic rings. The van der Waals surface area contributed by atoms with Gasteiger partial charge in [0.05, 0.1) is 0 Å². The van der Waals surface area contributed by atoms with Crippen molar-refractivity contribution in [2.24, 2.45) is 22.7 Å². The van der Waals surface area contributed by atoms with Crippen LogP contribution in [0.25, 0.3) is 0 Å². The number of hydrogen-bond donors (Lipinski definition) is 2. The molecule has 2 N–H and O–H groups in total. The zero-order valence-electron chi connectivity index (χ0n) is 12.8. The van der Waals surface area contributed by atoms with E-state index in [0.29, 0.717) is 35.4 Å². The van der Waals surface area contributed by atoms with Crippen molar-refractivity contribution in [3.63, 3.8) is 0 Å². The molecule has 106 valence electrons. The Morgan fingerprint density at radius 1 is 1.28 bits per heavy atom. The molecule has 0 heterocycles. The molecule has 0 aliphatic heterocycles. The van der Waals surface area contributed by atoms with Crippen LogP contribution in [0.5, 0.6) is 0 Å². The molecule has 0 radical (unpaired) electrons. The van der Waals surface area contributed by atoms with E-state index in [1.165, 1.54) is 19.3 Å². The Kier molecular flexibility index (Phi) is 3.81. The van der Waals surface area contributed by atoms with Crippen LogP contribution in [-0.2, 0) is 0 Å². The molecule has 2 aliphatic carbocycles. The highest BCUT2D eigenvalue weighted by atomic mass is 16.3. The second kappa shape index (κ2) is 4.79. The second-order valence-corrected chi connectivity index (χ2v) is 7.69. The smallest absolute Gasteiger partial charge is 0.0445 e. The van der Waals surface area contributed by atoms with Gasteiger partial charge in [0.2, 0.25) is 0 Å². The van der Waals surface area contributed by atoms with Gasteiger partial charge in [-0.25, -0.2) is 0 Å². The predicted molar refractivity (Wildman–Crippen MR) is 76.5 cm³/mol. The predicted octanol–water partition coefficient (Wildman–Crippen LogP) is 3.20. The first-order valence-electron chi connectivity index (χ1n) is 7.70. The number of hydrogen-bond acceptors (Lipinski definition) is 2. The van der Waals surface area contributed by atoms with Crippen molar-refractivity contribution in [3.8, 4) is 0 Å². The number of fused-ring (bicyclic) bond motifs is 2. The Bertz CT molecular complexity index is 299. The van der Waals surface area contributed by atoms with Gasteiger partial charge in [0, 0.05) is 18.7 Å². The summed E-state index contributed by atoms with van der Waals surface area (Å²) in [6.07, 6.45) is 4.99. The van der Waals surface area contributed by atoms with Gasteiger partial charge in [-0.3, -0.25) is 0 Å². The molecule has 2 nitrogen and oxygen atoms in total. The van der Waals surface area contributed by atoms with E-state index in [-0.39, 0.29) is 0 Å². The lowest BCUT2D eigenvalue weighted by Crippen LogP contribution is -2.50. The molecule has 2 saturated carbocycles. The molecule has 2 aliphatic rings. The molecule has 4 unspecified atom stereocenters. The SMILES string of the molecule is CC(C)C(CCO)NC1CC2CCC1(C)C2(C)C. The number of rotatable bonds is 5. The molecule has 2 bridgehead atoms. The normalized spacial score (nSPS) is 39.5. The van der Waals surface area contributed by atoms with Crippen molar-refractivity contribution >= 4 is 0 Å². The topological polar surface area (TPSA) is 32.3 Å². The first-order chi connectivity index (χ1) is 8.33. The fourth-order valence-corrected chi connectivity index (χ4v) is 4.46. The van der Waals surface area contributed by atoms with Gasteiger partial charge in [0.1, 0.15) is 0 Å². The summed E-state index contributed by atoms with van der Waals surface area (Å²) in [7, 11) is 0. The molecule has 0 aromatic heterocycles. The van der Waals surface area contributed by atoms with Crippen molar-refractivity contribution in [2.45, 2.75) is 72.4 Å². The van der Waals surface area contributed by atoms with Gasteiger partial charge in [0.25, 0.3) is 0 Å². The average Bonchev–Trinajstić information content (AvgIpc) is 2.61. The van der Waals surface area contributed by atoms with Gasteiger partial charge >= 0.3 is 0 Å². The third-order valence-corrected chi connectivity index (χ3v) is 6.45. The van der Waals surface area contributed by atoms with E-state index in [2.05, 4.69) is 39.9 Å². The van der Waals surface area contributed by atoms with Gasteiger partial charge in [-0.2, -0.15) is 0 Å². The highest BCUT2D eigenvalue weighted by Gasteiger charge is 2.61. The fourth-order valence-electron chi connectivity index (χ4n) is 4.46. The third kappa shape index (κ3) is 2.02. The van der Waals surface area contributed by atoms with Crippen LogP contribution in [0.4, 0.5) is 0 Å². The molecule has 2 heteroatoms. The van der Waals surface area contributed by atoms with Crippen molar-refractivity contribution in [1.82, 2.24) is 5.32 Å². The highest BCUT2D eigenvalue weighted by molar-refractivity contribution is 5.13. The summed E-state index contributed by atoms with van der Waals surface area (Å²) in [5.74, 6) is 1.49.